The monoisotopic (exact) mass is 586 g/mol. The molecule has 2 N–H and O–H groups in total. The molecule has 7 nitrogen and oxygen atoms in total. The Labute approximate surface area is 222 Å². The molecular weight excluding hydrogens is 575 g/mol. The van der Waals surface area contributed by atoms with E-state index in [1.54, 1.807) is 54.9 Å². The van der Waals surface area contributed by atoms with Crippen molar-refractivity contribution in [2.24, 2.45) is 0 Å². The maximum Gasteiger partial charge on any atom is 0.293 e. The van der Waals surface area contributed by atoms with Crippen molar-refractivity contribution < 1.29 is 13.6 Å². The fourth-order valence-electron chi connectivity index (χ4n) is 3.28. The number of amides is 1. The van der Waals surface area contributed by atoms with Crippen molar-refractivity contribution in [2.75, 3.05) is 5.32 Å². The molecule has 3 heterocycles. The Kier molecular flexibility index (Phi) is 6.57. The lowest BCUT2D eigenvalue weighted by molar-refractivity contribution is 0.0951. The Balaban J connectivity index is 1.27. The Morgan fingerprint density at radius 3 is 2.66 bits per heavy atom. The van der Waals surface area contributed by atoms with Crippen LogP contribution < -0.4 is 10.6 Å². The third-order valence-corrected chi connectivity index (χ3v) is 6.04. The summed E-state index contributed by atoms with van der Waals surface area (Å²) < 4.78 is 12.3. The highest BCUT2D eigenvalue weighted by Gasteiger charge is 2.16. The minimum absolute atomic E-state index is 0.0781. The van der Waals surface area contributed by atoms with Crippen LogP contribution >= 0.6 is 51.3 Å². The van der Waals surface area contributed by atoms with Gasteiger partial charge in [0.05, 0.1) is 10.6 Å². The average Bonchev–Trinajstić information content (AvgIpc) is 3.46. The molecule has 0 atom stereocenters. The van der Waals surface area contributed by atoms with Gasteiger partial charge in [-0.3, -0.25) is 15.1 Å². The molecule has 3 aromatic heterocycles. The first-order chi connectivity index (χ1) is 16.9. The average molecular weight is 588 g/mol. The van der Waals surface area contributed by atoms with Crippen LogP contribution in [0.3, 0.4) is 0 Å². The number of thiocarbonyl (C=S) groups is 1. The third kappa shape index (κ3) is 5.23. The second-order valence-electron chi connectivity index (χ2n) is 7.29. The van der Waals surface area contributed by atoms with Gasteiger partial charge in [-0.2, -0.15) is 0 Å². The summed E-state index contributed by atoms with van der Waals surface area (Å²) in [5, 5.41) is 6.58. The van der Waals surface area contributed by atoms with Crippen LogP contribution in [-0.4, -0.2) is 21.0 Å². The SMILES string of the molecule is O=C(NC(=S)Nc1ccc2oc(-c3cncc(Br)c3)nc2c1)c1ccc(-c2ccc(Cl)cc2Cl)o1. The van der Waals surface area contributed by atoms with Gasteiger partial charge in [-0.1, -0.05) is 23.2 Å². The maximum absolute atomic E-state index is 12.6. The molecule has 35 heavy (non-hydrogen) atoms. The predicted octanol–water partition coefficient (Wildman–Crippen LogP) is 7.35. The molecule has 1 amide bonds. The minimum Gasteiger partial charge on any atom is -0.451 e. The lowest BCUT2D eigenvalue weighted by Gasteiger charge is -2.08. The molecule has 0 spiro atoms. The number of pyridine rings is 1. The number of rotatable bonds is 4. The first kappa shape index (κ1) is 23.5. The van der Waals surface area contributed by atoms with Gasteiger partial charge in [0.15, 0.2) is 16.5 Å². The molecule has 0 aliphatic heterocycles. The molecule has 0 saturated carbocycles. The third-order valence-electron chi connectivity index (χ3n) is 4.85. The molecule has 0 fully saturated rings. The van der Waals surface area contributed by atoms with Gasteiger partial charge in [0.25, 0.3) is 5.91 Å². The Bertz CT molecular complexity index is 1600. The zero-order valence-electron chi connectivity index (χ0n) is 17.5. The first-order valence-electron chi connectivity index (χ1n) is 10.0. The molecule has 2 aromatic carbocycles. The fraction of sp³-hybridized carbons (Fsp3) is 0. The van der Waals surface area contributed by atoms with Crippen LogP contribution in [0.25, 0.3) is 33.9 Å². The number of nitrogens with zero attached hydrogens (tertiary/aromatic N) is 2. The number of nitrogens with one attached hydrogen (secondary N) is 2. The van der Waals surface area contributed by atoms with Gasteiger partial charge in [-0.15, -0.1) is 0 Å². The topological polar surface area (TPSA) is 93.2 Å². The van der Waals surface area contributed by atoms with Gasteiger partial charge in [0, 0.05) is 33.1 Å². The Hall–Kier alpha value is -3.24. The molecule has 0 aliphatic rings. The van der Waals surface area contributed by atoms with Crippen molar-refractivity contribution in [2.45, 2.75) is 0 Å². The minimum atomic E-state index is -0.509. The molecule has 0 saturated heterocycles. The van der Waals surface area contributed by atoms with Crippen LogP contribution in [0.1, 0.15) is 10.6 Å². The Morgan fingerprint density at radius 1 is 1.00 bits per heavy atom. The quantitative estimate of drug-likeness (QED) is 0.212. The number of aromatic nitrogens is 2. The van der Waals surface area contributed by atoms with Gasteiger partial charge < -0.3 is 14.2 Å². The van der Waals surface area contributed by atoms with E-state index in [0.717, 1.165) is 10.0 Å². The number of fused-ring (bicyclic) bond motifs is 1. The number of hydrogen-bond acceptors (Lipinski definition) is 6. The summed E-state index contributed by atoms with van der Waals surface area (Å²) in [7, 11) is 0. The normalized spacial score (nSPS) is 10.9. The summed E-state index contributed by atoms with van der Waals surface area (Å²) in [5.41, 5.74) is 3.21. The Morgan fingerprint density at radius 2 is 1.86 bits per heavy atom. The van der Waals surface area contributed by atoms with Crippen LogP contribution in [0.5, 0.6) is 0 Å². The summed E-state index contributed by atoms with van der Waals surface area (Å²) in [4.78, 5) is 21.2. The molecular formula is C24H13BrCl2N4O3S. The molecule has 0 radical (unpaired) electrons. The second kappa shape index (κ2) is 9.79. The van der Waals surface area contributed by atoms with Crippen molar-refractivity contribution in [3.05, 3.63) is 87.3 Å². The van der Waals surface area contributed by atoms with Crippen LogP contribution in [0, 0.1) is 0 Å². The zero-order chi connectivity index (χ0) is 24.5. The van der Waals surface area contributed by atoms with E-state index in [-0.39, 0.29) is 10.9 Å². The highest BCUT2D eigenvalue weighted by Crippen LogP contribution is 2.31. The maximum atomic E-state index is 12.6. The van der Waals surface area contributed by atoms with Gasteiger partial charge in [0.2, 0.25) is 5.89 Å². The molecule has 5 aromatic rings. The van der Waals surface area contributed by atoms with Crippen molar-refractivity contribution in [1.82, 2.24) is 15.3 Å². The smallest absolute Gasteiger partial charge is 0.293 e. The summed E-state index contributed by atoms with van der Waals surface area (Å²) in [6.45, 7) is 0. The van der Waals surface area contributed by atoms with Crippen molar-refractivity contribution >= 4 is 79.2 Å². The fourth-order valence-corrected chi connectivity index (χ4v) is 4.36. The number of carbonyl (C=O) groups excluding carboxylic acids is 1. The summed E-state index contributed by atoms with van der Waals surface area (Å²) in [5.74, 6) is 0.444. The van der Waals surface area contributed by atoms with Crippen LogP contribution in [0.4, 0.5) is 5.69 Å². The van der Waals surface area contributed by atoms with Crippen LogP contribution in [0.2, 0.25) is 10.0 Å². The summed E-state index contributed by atoms with van der Waals surface area (Å²) in [6, 6.07) is 15.4. The highest BCUT2D eigenvalue weighted by atomic mass is 79.9. The van der Waals surface area contributed by atoms with Gasteiger partial charge >= 0.3 is 0 Å². The lowest BCUT2D eigenvalue weighted by atomic mass is 10.2. The summed E-state index contributed by atoms with van der Waals surface area (Å²) in [6.07, 6.45) is 3.35. The van der Waals surface area contributed by atoms with Gasteiger partial charge in [-0.25, -0.2) is 4.98 Å². The van der Waals surface area contributed by atoms with Crippen molar-refractivity contribution in [3.63, 3.8) is 0 Å². The largest absolute Gasteiger partial charge is 0.451 e. The number of anilines is 1. The predicted molar refractivity (Wildman–Crippen MR) is 143 cm³/mol. The van der Waals surface area contributed by atoms with Gasteiger partial charge in [0.1, 0.15) is 11.3 Å². The standard InChI is InChI=1S/C24H13BrCl2N4O3S/c25-13-7-12(10-28-11-13)23-30-18-9-15(2-4-20(18)34-23)29-24(35)31-22(32)21-6-5-19(33-21)16-3-1-14(26)8-17(16)27/h1-11H,(H2,29,31,32,35). The number of carbonyl (C=O) groups is 1. The highest BCUT2D eigenvalue weighted by molar-refractivity contribution is 9.10. The van der Waals surface area contributed by atoms with Crippen LogP contribution in [0.15, 0.2) is 80.3 Å². The van der Waals surface area contributed by atoms with E-state index in [0.29, 0.717) is 44.0 Å². The first-order valence-corrected chi connectivity index (χ1v) is 12.0. The summed E-state index contributed by atoms with van der Waals surface area (Å²) >= 11 is 20.8. The van der Waals surface area contributed by atoms with E-state index >= 15 is 0 Å². The number of oxazole rings is 1. The second-order valence-corrected chi connectivity index (χ2v) is 9.46. The number of hydrogen-bond donors (Lipinski definition) is 2. The van der Waals surface area contributed by atoms with E-state index in [4.69, 9.17) is 44.3 Å². The van der Waals surface area contributed by atoms with E-state index in [2.05, 4.69) is 36.5 Å². The zero-order valence-corrected chi connectivity index (χ0v) is 21.4. The molecule has 0 bridgehead atoms. The number of halogens is 3. The molecule has 174 valence electrons. The molecule has 0 unspecified atom stereocenters. The molecule has 11 heteroatoms. The van der Waals surface area contributed by atoms with Crippen LogP contribution in [-0.2, 0) is 0 Å². The van der Waals surface area contributed by atoms with E-state index in [1.807, 2.05) is 6.07 Å². The lowest BCUT2D eigenvalue weighted by Crippen LogP contribution is -2.33. The van der Waals surface area contributed by atoms with E-state index in [1.165, 1.54) is 6.07 Å². The van der Waals surface area contributed by atoms with Crippen molar-refractivity contribution in [1.29, 1.82) is 0 Å². The number of furan rings is 1. The van der Waals surface area contributed by atoms with E-state index < -0.39 is 5.91 Å². The molecule has 5 rings (SSSR count). The van der Waals surface area contributed by atoms with E-state index in [9.17, 15) is 4.79 Å². The van der Waals surface area contributed by atoms with Crippen molar-refractivity contribution in [3.8, 4) is 22.8 Å². The molecule has 0 aliphatic carbocycles. The number of benzene rings is 2. The van der Waals surface area contributed by atoms with Gasteiger partial charge in [-0.05, 0) is 82.7 Å².